The Labute approximate surface area is 92.3 Å². The quantitative estimate of drug-likeness (QED) is 0.736. The van der Waals surface area contributed by atoms with Gasteiger partial charge in [-0.15, -0.1) is 0 Å². The van der Waals surface area contributed by atoms with Gasteiger partial charge >= 0.3 is 5.97 Å². The predicted octanol–water partition coefficient (Wildman–Crippen LogP) is 2.27. The number of hydrogen-bond acceptors (Lipinski definition) is 2. The number of aliphatic carboxylic acids is 1. The summed E-state index contributed by atoms with van der Waals surface area (Å²) in [6.45, 7) is 6.96. The fourth-order valence-corrected chi connectivity index (χ4v) is 2.20. The molecule has 0 radical (unpaired) electrons. The molecule has 0 aromatic rings. The van der Waals surface area contributed by atoms with E-state index in [-0.39, 0.29) is 12.0 Å². The Morgan fingerprint density at radius 1 is 1.40 bits per heavy atom. The van der Waals surface area contributed by atoms with Crippen LogP contribution in [0.15, 0.2) is 0 Å². The lowest BCUT2D eigenvalue weighted by atomic mass is 9.88. The molecule has 1 saturated carbocycles. The van der Waals surface area contributed by atoms with Crippen LogP contribution in [0.25, 0.3) is 0 Å². The van der Waals surface area contributed by atoms with E-state index in [1.165, 1.54) is 25.7 Å². The summed E-state index contributed by atoms with van der Waals surface area (Å²) in [4.78, 5) is 10.8. The third-order valence-corrected chi connectivity index (χ3v) is 3.80. The molecule has 15 heavy (non-hydrogen) atoms. The lowest BCUT2D eigenvalue weighted by Gasteiger charge is -2.27. The zero-order valence-electron chi connectivity index (χ0n) is 10.0. The normalized spacial score (nSPS) is 23.7. The summed E-state index contributed by atoms with van der Waals surface area (Å²) >= 11 is 0. The van der Waals surface area contributed by atoms with E-state index in [4.69, 9.17) is 5.11 Å². The summed E-state index contributed by atoms with van der Waals surface area (Å²) < 4.78 is 0. The van der Waals surface area contributed by atoms with Crippen LogP contribution in [0.5, 0.6) is 0 Å². The average molecular weight is 213 g/mol. The average Bonchev–Trinajstić information content (AvgIpc) is 2.61. The van der Waals surface area contributed by atoms with Gasteiger partial charge in [-0.05, 0) is 25.2 Å². The van der Waals surface area contributed by atoms with E-state index in [1.54, 1.807) is 6.92 Å². The number of carboxylic acids is 1. The summed E-state index contributed by atoms with van der Waals surface area (Å²) in [5, 5.41) is 12.2. The van der Waals surface area contributed by atoms with E-state index in [2.05, 4.69) is 12.2 Å². The summed E-state index contributed by atoms with van der Waals surface area (Å²) in [7, 11) is 0. The molecule has 2 N–H and O–H groups in total. The van der Waals surface area contributed by atoms with Gasteiger partial charge in [0, 0.05) is 12.6 Å². The molecule has 0 aliphatic heterocycles. The van der Waals surface area contributed by atoms with Crippen molar-refractivity contribution in [1.82, 2.24) is 5.32 Å². The molecule has 0 saturated heterocycles. The second kappa shape index (κ2) is 4.97. The minimum absolute atomic E-state index is 0.0555. The van der Waals surface area contributed by atoms with Crippen molar-refractivity contribution in [3.63, 3.8) is 0 Å². The number of carbonyl (C=O) groups is 1. The fraction of sp³-hybridized carbons (Fsp3) is 0.917. The zero-order chi connectivity index (χ0) is 11.5. The molecule has 0 amide bonds. The molecule has 1 aliphatic rings. The van der Waals surface area contributed by atoms with E-state index in [9.17, 15) is 4.79 Å². The summed E-state index contributed by atoms with van der Waals surface area (Å²) in [6, 6.07) is 0.0555. The summed E-state index contributed by atoms with van der Waals surface area (Å²) in [5.41, 5.74) is 0.395. The largest absolute Gasteiger partial charge is 0.481 e. The number of rotatable bonds is 5. The molecule has 88 valence electrons. The molecule has 0 spiro atoms. The van der Waals surface area contributed by atoms with Crippen molar-refractivity contribution < 1.29 is 9.90 Å². The van der Waals surface area contributed by atoms with Crippen LogP contribution in [0.1, 0.15) is 46.5 Å². The second-order valence-electron chi connectivity index (χ2n) is 5.31. The highest BCUT2D eigenvalue weighted by Crippen LogP contribution is 2.36. The van der Waals surface area contributed by atoms with Crippen molar-refractivity contribution in [2.24, 2.45) is 11.3 Å². The van der Waals surface area contributed by atoms with E-state index < -0.39 is 5.97 Å². The molecule has 0 bridgehead atoms. The van der Waals surface area contributed by atoms with Crippen LogP contribution in [0.3, 0.4) is 0 Å². The van der Waals surface area contributed by atoms with Gasteiger partial charge in [0.05, 0.1) is 5.92 Å². The van der Waals surface area contributed by atoms with Gasteiger partial charge in [-0.1, -0.05) is 26.7 Å². The molecule has 3 nitrogen and oxygen atoms in total. The van der Waals surface area contributed by atoms with Crippen molar-refractivity contribution >= 4 is 5.97 Å². The summed E-state index contributed by atoms with van der Waals surface area (Å²) in [6.07, 6.45) is 5.18. The SMILES string of the molecule is CC(NCC1(C)CCCC1)C(C)C(=O)O. The molecule has 2 unspecified atom stereocenters. The third-order valence-electron chi connectivity index (χ3n) is 3.80. The second-order valence-corrected chi connectivity index (χ2v) is 5.31. The zero-order valence-corrected chi connectivity index (χ0v) is 10.0. The van der Waals surface area contributed by atoms with Gasteiger partial charge < -0.3 is 10.4 Å². The van der Waals surface area contributed by atoms with Crippen LogP contribution >= 0.6 is 0 Å². The molecule has 3 heteroatoms. The third kappa shape index (κ3) is 3.49. The minimum atomic E-state index is -0.716. The van der Waals surface area contributed by atoms with Crippen molar-refractivity contribution in [3.8, 4) is 0 Å². The molecular weight excluding hydrogens is 190 g/mol. The lowest BCUT2D eigenvalue weighted by Crippen LogP contribution is -2.41. The highest BCUT2D eigenvalue weighted by atomic mass is 16.4. The van der Waals surface area contributed by atoms with E-state index in [0.717, 1.165) is 6.54 Å². The van der Waals surface area contributed by atoms with Crippen LogP contribution < -0.4 is 5.32 Å². The number of hydrogen-bond donors (Lipinski definition) is 2. The smallest absolute Gasteiger partial charge is 0.307 e. The first kappa shape index (κ1) is 12.5. The topological polar surface area (TPSA) is 49.3 Å². The Morgan fingerprint density at radius 2 is 1.93 bits per heavy atom. The monoisotopic (exact) mass is 213 g/mol. The number of carboxylic acid groups (broad SMARTS) is 1. The van der Waals surface area contributed by atoms with Crippen LogP contribution in [0.4, 0.5) is 0 Å². The molecule has 1 fully saturated rings. The van der Waals surface area contributed by atoms with Crippen LogP contribution in [-0.4, -0.2) is 23.7 Å². The first-order chi connectivity index (χ1) is 6.94. The lowest BCUT2D eigenvalue weighted by molar-refractivity contribution is -0.142. The van der Waals surface area contributed by atoms with E-state index in [1.807, 2.05) is 6.92 Å². The highest BCUT2D eigenvalue weighted by Gasteiger charge is 2.29. The maximum absolute atomic E-state index is 10.8. The number of nitrogens with one attached hydrogen (secondary N) is 1. The van der Waals surface area contributed by atoms with Crippen molar-refractivity contribution in [2.75, 3.05) is 6.54 Å². The Balaban J connectivity index is 2.33. The Morgan fingerprint density at radius 3 is 2.40 bits per heavy atom. The van der Waals surface area contributed by atoms with Gasteiger partial charge in [-0.2, -0.15) is 0 Å². The Hall–Kier alpha value is -0.570. The molecular formula is C12H23NO2. The van der Waals surface area contributed by atoms with Gasteiger partial charge in [-0.3, -0.25) is 4.79 Å². The van der Waals surface area contributed by atoms with Gasteiger partial charge in [-0.25, -0.2) is 0 Å². The van der Waals surface area contributed by atoms with Gasteiger partial charge in [0.15, 0.2) is 0 Å². The van der Waals surface area contributed by atoms with Crippen molar-refractivity contribution in [2.45, 2.75) is 52.5 Å². The van der Waals surface area contributed by atoms with Crippen LogP contribution in [0, 0.1) is 11.3 Å². The predicted molar refractivity (Wildman–Crippen MR) is 60.8 cm³/mol. The van der Waals surface area contributed by atoms with Gasteiger partial charge in [0.25, 0.3) is 0 Å². The summed E-state index contributed by atoms with van der Waals surface area (Å²) in [5.74, 6) is -1.03. The van der Waals surface area contributed by atoms with Crippen LogP contribution in [-0.2, 0) is 4.79 Å². The van der Waals surface area contributed by atoms with Crippen LogP contribution in [0.2, 0.25) is 0 Å². The Bertz CT molecular complexity index is 222. The van der Waals surface area contributed by atoms with Crippen molar-refractivity contribution in [3.05, 3.63) is 0 Å². The molecule has 2 atom stereocenters. The first-order valence-corrected chi connectivity index (χ1v) is 5.91. The van der Waals surface area contributed by atoms with Gasteiger partial charge in [0.1, 0.15) is 0 Å². The maximum atomic E-state index is 10.8. The maximum Gasteiger partial charge on any atom is 0.307 e. The Kier molecular flexibility index (Phi) is 4.14. The fourth-order valence-electron chi connectivity index (χ4n) is 2.20. The van der Waals surface area contributed by atoms with Crippen molar-refractivity contribution in [1.29, 1.82) is 0 Å². The van der Waals surface area contributed by atoms with E-state index >= 15 is 0 Å². The standard InChI is InChI=1S/C12H23NO2/c1-9(11(14)15)10(2)13-8-12(3)6-4-5-7-12/h9-10,13H,4-8H2,1-3H3,(H,14,15). The molecule has 0 heterocycles. The molecule has 1 aliphatic carbocycles. The molecule has 1 rings (SSSR count). The van der Waals surface area contributed by atoms with Gasteiger partial charge in [0.2, 0.25) is 0 Å². The molecule has 0 aromatic carbocycles. The molecule has 0 aromatic heterocycles. The first-order valence-electron chi connectivity index (χ1n) is 5.91. The van der Waals surface area contributed by atoms with E-state index in [0.29, 0.717) is 5.41 Å². The minimum Gasteiger partial charge on any atom is -0.481 e. The highest BCUT2D eigenvalue weighted by molar-refractivity contribution is 5.70.